The average molecular weight is 271 g/mol. The van der Waals surface area contributed by atoms with Crippen LogP contribution in [-0.2, 0) is 6.42 Å². The van der Waals surface area contributed by atoms with E-state index in [1.807, 2.05) is 12.1 Å². The van der Waals surface area contributed by atoms with E-state index in [0.29, 0.717) is 6.54 Å². The van der Waals surface area contributed by atoms with Crippen LogP contribution in [0.1, 0.15) is 11.1 Å². The normalized spacial score (nSPS) is 10.4. The Hall–Kier alpha value is -2.00. The molecule has 0 radical (unpaired) electrons. The van der Waals surface area contributed by atoms with Crippen LogP contribution in [0.15, 0.2) is 36.4 Å². The van der Waals surface area contributed by atoms with E-state index in [1.165, 1.54) is 5.56 Å². The van der Waals surface area contributed by atoms with E-state index in [9.17, 15) is 0 Å². The fraction of sp³-hybridized carbons (Fsp3) is 0.294. The molecule has 0 saturated carbocycles. The van der Waals surface area contributed by atoms with Gasteiger partial charge in [-0.1, -0.05) is 29.8 Å². The second-order valence-electron chi connectivity index (χ2n) is 4.79. The van der Waals surface area contributed by atoms with Crippen molar-refractivity contribution in [3.63, 3.8) is 0 Å². The first-order valence-electron chi connectivity index (χ1n) is 6.71. The molecule has 0 aliphatic carbocycles. The molecule has 2 rings (SSSR count). The molecule has 0 aromatic heterocycles. The van der Waals surface area contributed by atoms with Gasteiger partial charge in [-0.15, -0.1) is 0 Å². The highest BCUT2D eigenvalue weighted by Gasteiger charge is 2.14. The third-order valence-electron chi connectivity index (χ3n) is 3.30. The van der Waals surface area contributed by atoms with E-state index in [0.717, 1.165) is 34.6 Å². The number of rotatable bonds is 5. The van der Waals surface area contributed by atoms with Crippen LogP contribution >= 0.6 is 0 Å². The lowest BCUT2D eigenvalue weighted by Gasteiger charge is -2.15. The summed E-state index contributed by atoms with van der Waals surface area (Å²) >= 11 is 0. The Morgan fingerprint density at radius 1 is 1.05 bits per heavy atom. The first-order valence-corrected chi connectivity index (χ1v) is 6.71. The van der Waals surface area contributed by atoms with Gasteiger partial charge < -0.3 is 15.2 Å². The van der Waals surface area contributed by atoms with E-state index in [2.05, 4.69) is 31.2 Å². The minimum absolute atomic E-state index is 0.614. The van der Waals surface area contributed by atoms with Crippen molar-refractivity contribution < 1.29 is 9.47 Å². The van der Waals surface area contributed by atoms with Gasteiger partial charge in [0.25, 0.3) is 0 Å². The predicted octanol–water partition coefficient (Wildman–Crippen LogP) is 3.18. The molecular formula is C17H21NO2. The van der Waals surface area contributed by atoms with Gasteiger partial charge in [0.05, 0.1) is 14.2 Å². The first-order chi connectivity index (χ1) is 9.69. The topological polar surface area (TPSA) is 44.5 Å². The second-order valence-corrected chi connectivity index (χ2v) is 4.79. The van der Waals surface area contributed by atoms with Gasteiger partial charge in [-0.3, -0.25) is 0 Å². The van der Waals surface area contributed by atoms with Gasteiger partial charge in [0.15, 0.2) is 11.5 Å². The van der Waals surface area contributed by atoms with E-state index in [-0.39, 0.29) is 0 Å². The minimum atomic E-state index is 0.614. The van der Waals surface area contributed by atoms with Crippen molar-refractivity contribution in [3.8, 4) is 22.6 Å². The third kappa shape index (κ3) is 2.94. The molecule has 0 fully saturated rings. The van der Waals surface area contributed by atoms with E-state index in [4.69, 9.17) is 15.2 Å². The molecule has 2 aromatic rings. The van der Waals surface area contributed by atoms with Crippen molar-refractivity contribution in [2.45, 2.75) is 13.3 Å². The monoisotopic (exact) mass is 271 g/mol. The molecule has 0 aliphatic rings. The summed E-state index contributed by atoms with van der Waals surface area (Å²) in [6.07, 6.45) is 0.819. The van der Waals surface area contributed by atoms with Crippen molar-refractivity contribution in [2.24, 2.45) is 5.73 Å². The number of hydrogen-bond acceptors (Lipinski definition) is 3. The second kappa shape index (κ2) is 6.44. The van der Waals surface area contributed by atoms with Crippen molar-refractivity contribution in [2.75, 3.05) is 20.8 Å². The van der Waals surface area contributed by atoms with Crippen LogP contribution in [0.5, 0.6) is 11.5 Å². The fourth-order valence-corrected chi connectivity index (χ4v) is 2.36. The summed E-state index contributed by atoms with van der Waals surface area (Å²) in [6.45, 7) is 2.69. The van der Waals surface area contributed by atoms with Crippen LogP contribution in [0.25, 0.3) is 11.1 Å². The van der Waals surface area contributed by atoms with Crippen molar-refractivity contribution in [3.05, 3.63) is 47.5 Å². The molecule has 0 spiro atoms. The Morgan fingerprint density at radius 2 is 1.85 bits per heavy atom. The van der Waals surface area contributed by atoms with Gasteiger partial charge in [-0.25, -0.2) is 0 Å². The van der Waals surface area contributed by atoms with Gasteiger partial charge in [-0.05, 0) is 43.1 Å². The average Bonchev–Trinajstić information content (AvgIpc) is 2.46. The smallest absolute Gasteiger partial charge is 0.168 e. The fourth-order valence-electron chi connectivity index (χ4n) is 2.36. The summed E-state index contributed by atoms with van der Waals surface area (Å²) in [7, 11) is 3.32. The molecule has 20 heavy (non-hydrogen) atoms. The number of methoxy groups -OCH3 is 2. The number of benzene rings is 2. The van der Waals surface area contributed by atoms with Crippen LogP contribution in [-0.4, -0.2) is 20.8 Å². The molecule has 0 saturated heterocycles. The Kier molecular flexibility index (Phi) is 4.64. The third-order valence-corrected chi connectivity index (χ3v) is 3.30. The summed E-state index contributed by atoms with van der Waals surface area (Å²) in [6, 6.07) is 12.5. The molecule has 106 valence electrons. The maximum absolute atomic E-state index is 5.66. The zero-order valence-electron chi connectivity index (χ0n) is 12.3. The molecule has 3 nitrogen and oxygen atoms in total. The molecule has 0 unspecified atom stereocenters. The number of nitrogens with two attached hydrogens (primary N) is 1. The number of hydrogen-bond donors (Lipinski definition) is 1. The molecule has 3 heteroatoms. The maximum Gasteiger partial charge on any atom is 0.168 e. The van der Waals surface area contributed by atoms with Crippen LogP contribution in [0.3, 0.4) is 0 Å². The maximum atomic E-state index is 5.66. The lowest BCUT2D eigenvalue weighted by molar-refractivity contribution is 0.355. The van der Waals surface area contributed by atoms with Crippen LogP contribution in [0, 0.1) is 6.92 Å². The van der Waals surface area contributed by atoms with Crippen LogP contribution in [0.4, 0.5) is 0 Å². The Bertz CT molecular complexity index is 594. The van der Waals surface area contributed by atoms with E-state index >= 15 is 0 Å². The summed E-state index contributed by atoms with van der Waals surface area (Å²) in [5, 5.41) is 0. The molecular weight excluding hydrogens is 250 g/mol. The number of ether oxygens (including phenoxy) is 2. The highest BCUT2D eigenvalue weighted by molar-refractivity contribution is 5.75. The molecule has 2 aromatic carbocycles. The lowest BCUT2D eigenvalue weighted by atomic mass is 9.98. The zero-order chi connectivity index (χ0) is 14.5. The molecule has 2 N–H and O–H groups in total. The quantitative estimate of drug-likeness (QED) is 0.908. The van der Waals surface area contributed by atoms with Crippen molar-refractivity contribution >= 4 is 0 Å². The molecule has 0 aliphatic heterocycles. The Morgan fingerprint density at radius 3 is 2.45 bits per heavy atom. The standard InChI is InChI=1S/C17H21NO2/c1-12-5-4-6-14(9-12)15-10-13(7-8-18)11-16(19-2)17(15)20-3/h4-6,9-11H,7-8,18H2,1-3H3. The summed E-state index contributed by atoms with van der Waals surface area (Å²) in [5.74, 6) is 1.51. The lowest BCUT2D eigenvalue weighted by Crippen LogP contribution is -2.04. The minimum Gasteiger partial charge on any atom is -0.493 e. The molecule has 0 atom stereocenters. The van der Waals surface area contributed by atoms with Crippen LogP contribution < -0.4 is 15.2 Å². The molecule has 0 bridgehead atoms. The zero-order valence-corrected chi connectivity index (χ0v) is 12.3. The van der Waals surface area contributed by atoms with Crippen molar-refractivity contribution in [1.82, 2.24) is 0 Å². The van der Waals surface area contributed by atoms with Crippen LogP contribution in [0.2, 0.25) is 0 Å². The SMILES string of the molecule is COc1cc(CCN)cc(-c2cccc(C)c2)c1OC. The summed E-state index contributed by atoms with van der Waals surface area (Å²) in [4.78, 5) is 0. The molecule has 0 heterocycles. The molecule has 0 amide bonds. The highest BCUT2D eigenvalue weighted by atomic mass is 16.5. The first kappa shape index (κ1) is 14.4. The largest absolute Gasteiger partial charge is 0.493 e. The van der Waals surface area contributed by atoms with Gasteiger partial charge >= 0.3 is 0 Å². The Labute approximate surface area is 120 Å². The summed E-state index contributed by atoms with van der Waals surface area (Å²) < 4.78 is 11.0. The van der Waals surface area contributed by atoms with E-state index < -0.39 is 0 Å². The van der Waals surface area contributed by atoms with Gasteiger partial charge in [0.1, 0.15) is 0 Å². The van der Waals surface area contributed by atoms with E-state index in [1.54, 1.807) is 14.2 Å². The van der Waals surface area contributed by atoms with Gasteiger partial charge in [-0.2, -0.15) is 0 Å². The van der Waals surface area contributed by atoms with Gasteiger partial charge in [0.2, 0.25) is 0 Å². The highest BCUT2D eigenvalue weighted by Crippen LogP contribution is 2.39. The van der Waals surface area contributed by atoms with Crippen molar-refractivity contribution in [1.29, 1.82) is 0 Å². The summed E-state index contributed by atoms with van der Waals surface area (Å²) in [5.41, 5.74) is 10.2. The van der Waals surface area contributed by atoms with Gasteiger partial charge in [0, 0.05) is 5.56 Å². The number of aryl methyl sites for hydroxylation is 1. The predicted molar refractivity (Wildman–Crippen MR) is 82.5 cm³/mol. The Balaban J connectivity index is 2.62.